The normalized spacial score (nSPS) is 12.6. The first-order valence-corrected chi connectivity index (χ1v) is 5.51. The fourth-order valence-corrected chi connectivity index (χ4v) is 1.11. The molecule has 0 saturated heterocycles. The van der Waals surface area contributed by atoms with Crippen LogP contribution in [0.25, 0.3) is 0 Å². The maximum absolute atomic E-state index is 11.9. The van der Waals surface area contributed by atoms with E-state index in [4.69, 9.17) is 10.2 Å². The monoisotopic (exact) mass is 240 g/mol. The molecule has 1 rings (SSSR count). The molecule has 0 aromatic carbocycles. The van der Waals surface area contributed by atoms with Crippen LogP contribution < -0.4 is 11.1 Å². The van der Waals surface area contributed by atoms with Gasteiger partial charge in [0, 0.05) is 0 Å². The summed E-state index contributed by atoms with van der Waals surface area (Å²) in [5.41, 5.74) is 3.59. The van der Waals surface area contributed by atoms with E-state index in [0.29, 0.717) is 5.76 Å². The zero-order chi connectivity index (χ0) is 13.3. The molecule has 17 heavy (non-hydrogen) atoms. The molecule has 1 heterocycles. The predicted molar refractivity (Wildman–Crippen MR) is 64.4 cm³/mol. The molecule has 0 aliphatic carbocycles. The van der Waals surface area contributed by atoms with Crippen LogP contribution in [0.1, 0.15) is 44.0 Å². The van der Waals surface area contributed by atoms with E-state index in [-0.39, 0.29) is 18.2 Å². The van der Waals surface area contributed by atoms with Gasteiger partial charge in [0.2, 0.25) is 0 Å². The second-order valence-corrected chi connectivity index (χ2v) is 5.11. The van der Waals surface area contributed by atoms with E-state index in [2.05, 4.69) is 5.32 Å². The second-order valence-electron chi connectivity index (χ2n) is 5.11. The Kier molecular flexibility index (Phi) is 3.64. The van der Waals surface area contributed by atoms with E-state index >= 15 is 0 Å². The van der Waals surface area contributed by atoms with E-state index in [9.17, 15) is 9.90 Å². The maximum Gasteiger partial charge on any atom is 0.287 e. The summed E-state index contributed by atoms with van der Waals surface area (Å²) < 4.78 is 5.23. The van der Waals surface area contributed by atoms with Gasteiger partial charge in [-0.25, -0.2) is 0 Å². The highest BCUT2D eigenvalue weighted by atomic mass is 16.4. The maximum atomic E-state index is 11.9. The first-order chi connectivity index (χ1) is 7.67. The van der Waals surface area contributed by atoms with E-state index in [1.165, 1.54) is 0 Å². The fraction of sp³-hybridized carbons (Fsp3) is 0.583. The molecule has 1 amide bonds. The SMILES string of the molecule is CC(C)(O)C(C)(C)NC(=O)c1ccc(CN)o1. The van der Waals surface area contributed by atoms with Gasteiger partial charge in [-0.3, -0.25) is 4.79 Å². The lowest BCUT2D eigenvalue weighted by Gasteiger charge is -2.37. The summed E-state index contributed by atoms with van der Waals surface area (Å²) in [6.07, 6.45) is 0. The molecule has 0 spiro atoms. The lowest BCUT2D eigenvalue weighted by Crippen LogP contribution is -2.57. The minimum absolute atomic E-state index is 0.197. The predicted octanol–water partition coefficient (Wildman–Crippen LogP) is 1.02. The van der Waals surface area contributed by atoms with Gasteiger partial charge in [0.1, 0.15) is 5.76 Å². The van der Waals surface area contributed by atoms with Crippen molar-refractivity contribution in [3.63, 3.8) is 0 Å². The average Bonchev–Trinajstić information content (AvgIpc) is 2.63. The lowest BCUT2D eigenvalue weighted by molar-refractivity contribution is -0.00343. The van der Waals surface area contributed by atoms with Crippen LogP contribution in [0, 0.1) is 0 Å². The molecule has 0 fully saturated rings. The van der Waals surface area contributed by atoms with Crippen LogP contribution in [-0.2, 0) is 6.54 Å². The Morgan fingerprint density at radius 3 is 2.41 bits per heavy atom. The third kappa shape index (κ3) is 3.08. The van der Waals surface area contributed by atoms with Gasteiger partial charge in [-0.2, -0.15) is 0 Å². The summed E-state index contributed by atoms with van der Waals surface area (Å²) in [5.74, 6) is 0.385. The third-order valence-electron chi connectivity index (χ3n) is 3.04. The first-order valence-electron chi connectivity index (χ1n) is 5.51. The van der Waals surface area contributed by atoms with Crippen LogP contribution >= 0.6 is 0 Å². The molecule has 1 aromatic rings. The highest BCUT2D eigenvalue weighted by Crippen LogP contribution is 2.21. The van der Waals surface area contributed by atoms with Crippen molar-refractivity contribution in [2.45, 2.75) is 45.4 Å². The zero-order valence-corrected chi connectivity index (χ0v) is 10.7. The molecular formula is C12H20N2O3. The Morgan fingerprint density at radius 2 is 2.00 bits per heavy atom. The standard InChI is InChI=1S/C12H20N2O3/c1-11(2,12(3,4)16)14-10(15)9-6-5-8(7-13)17-9/h5-6,16H,7,13H2,1-4H3,(H,14,15). The summed E-state index contributed by atoms with van der Waals surface area (Å²) >= 11 is 0. The van der Waals surface area contributed by atoms with Crippen LogP contribution in [0.15, 0.2) is 16.5 Å². The smallest absolute Gasteiger partial charge is 0.287 e. The molecule has 0 radical (unpaired) electrons. The number of hydrogen-bond donors (Lipinski definition) is 3. The Bertz CT molecular complexity index is 402. The molecule has 5 nitrogen and oxygen atoms in total. The van der Waals surface area contributed by atoms with E-state index in [0.717, 1.165) is 0 Å². The number of nitrogens with one attached hydrogen (secondary N) is 1. The molecular weight excluding hydrogens is 220 g/mol. The Balaban J connectivity index is 2.79. The van der Waals surface area contributed by atoms with Crippen molar-refractivity contribution in [3.05, 3.63) is 23.7 Å². The summed E-state index contributed by atoms with van der Waals surface area (Å²) in [6.45, 7) is 7.03. The quantitative estimate of drug-likeness (QED) is 0.733. The lowest BCUT2D eigenvalue weighted by atomic mass is 9.86. The van der Waals surface area contributed by atoms with E-state index in [1.807, 2.05) is 0 Å². The van der Waals surface area contributed by atoms with Crippen molar-refractivity contribution in [3.8, 4) is 0 Å². The van der Waals surface area contributed by atoms with Crippen molar-refractivity contribution in [2.75, 3.05) is 0 Å². The molecule has 5 heteroatoms. The molecule has 0 unspecified atom stereocenters. The molecule has 1 aromatic heterocycles. The fourth-order valence-electron chi connectivity index (χ4n) is 1.11. The van der Waals surface area contributed by atoms with Gasteiger partial charge >= 0.3 is 0 Å². The molecule has 0 bridgehead atoms. The molecule has 0 aliphatic heterocycles. The number of furan rings is 1. The minimum atomic E-state index is -1.04. The van der Waals surface area contributed by atoms with Crippen LogP contribution in [0.2, 0.25) is 0 Å². The largest absolute Gasteiger partial charge is 0.455 e. The van der Waals surface area contributed by atoms with Crippen molar-refractivity contribution in [1.82, 2.24) is 5.32 Å². The minimum Gasteiger partial charge on any atom is -0.455 e. The Labute approximate surface area is 101 Å². The number of nitrogens with two attached hydrogens (primary N) is 1. The van der Waals surface area contributed by atoms with E-state index < -0.39 is 11.1 Å². The number of rotatable bonds is 4. The molecule has 96 valence electrons. The summed E-state index contributed by atoms with van der Waals surface area (Å²) in [7, 11) is 0. The average molecular weight is 240 g/mol. The van der Waals surface area contributed by atoms with Gasteiger partial charge in [0.25, 0.3) is 5.91 Å². The van der Waals surface area contributed by atoms with E-state index in [1.54, 1.807) is 39.8 Å². The molecule has 4 N–H and O–H groups in total. The second kappa shape index (κ2) is 4.50. The highest BCUT2D eigenvalue weighted by Gasteiger charge is 2.37. The molecule has 0 aliphatic rings. The van der Waals surface area contributed by atoms with Crippen LogP contribution in [-0.4, -0.2) is 22.2 Å². The Morgan fingerprint density at radius 1 is 1.41 bits per heavy atom. The van der Waals surface area contributed by atoms with Crippen molar-refractivity contribution < 1.29 is 14.3 Å². The molecule has 0 saturated carbocycles. The zero-order valence-electron chi connectivity index (χ0n) is 10.7. The van der Waals surface area contributed by atoms with Crippen molar-refractivity contribution in [2.24, 2.45) is 5.73 Å². The van der Waals surface area contributed by atoms with Gasteiger partial charge in [-0.15, -0.1) is 0 Å². The first kappa shape index (κ1) is 13.7. The van der Waals surface area contributed by atoms with Crippen LogP contribution in [0.3, 0.4) is 0 Å². The number of carbonyl (C=O) groups is 1. The van der Waals surface area contributed by atoms with Crippen molar-refractivity contribution in [1.29, 1.82) is 0 Å². The van der Waals surface area contributed by atoms with Gasteiger partial charge in [-0.1, -0.05) is 0 Å². The Hall–Kier alpha value is -1.33. The highest BCUT2D eigenvalue weighted by molar-refractivity contribution is 5.92. The van der Waals surface area contributed by atoms with Gasteiger partial charge in [0.05, 0.1) is 17.7 Å². The summed E-state index contributed by atoms with van der Waals surface area (Å²) in [6, 6.07) is 3.23. The summed E-state index contributed by atoms with van der Waals surface area (Å²) in [4.78, 5) is 11.9. The topological polar surface area (TPSA) is 88.5 Å². The number of aliphatic hydroxyl groups is 1. The third-order valence-corrected chi connectivity index (χ3v) is 3.04. The van der Waals surface area contributed by atoms with Gasteiger partial charge in [0.15, 0.2) is 5.76 Å². The molecule has 0 atom stereocenters. The van der Waals surface area contributed by atoms with Crippen LogP contribution in [0.4, 0.5) is 0 Å². The van der Waals surface area contributed by atoms with Crippen molar-refractivity contribution >= 4 is 5.91 Å². The summed E-state index contributed by atoms with van der Waals surface area (Å²) in [5, 5.41) is 12.7. The number of amides is 1. The van der Waals surface area contributed by atoms with Gasteiger partial charge in [-0.05, 0) is 39.8 Å². The number of hydrogen-bond acceptors (Lipinski definition) is 4. The van der Waals surface area contributed by atoms with Crippen LogP contribution in [0.5, 0.6) is 0 Å². The van der Waals surface area contributed by atoms with Gasteiger partial charge < -0.3 is 20.6 Å². The number of carbonyl (C=O) groups excluding carboxylic acids is 1.